The molecule has 242 valence electrons. The number of furan rings is 2. The summed E-state index contributed by atoms with van der Waals surface area (Å²) in [4.78, 5) is 0. The molecule has 52 heavy (non-hydrogen) atoms. The summed E-state index contributed by atoms with van der Waals surface area (Å²) in [5, 5.41) is 8.99. The minimum absolute atomic E-state index is 0.893. The Hall–Kier alpha value is -7.04. The fourth-order valence-corrected chi connectivity index (χ4v) is 8.62. The lowest BCUT2D eigenvalue weighted by atomic mass is 10.0. The van der Waals surface area contributed by atoms with Crippen molar-refractivity contribution in [2.45, 2.75) is 0 Å². The van der Waals surface area contributed by atoms with Gasteiger partial charge in [0.25, 0.3) is 0 Å². The van der Waals surface area contributed by atoms with Crippen LogP contribution < -0.4 is 0 Å². The monoisotopic (exact) mass is 664 g/mol. The first kappa shape index (κ1) is 27.7. The number of rotatable bonds is 3. The van der Waals surface area contributed by atoms with E-state index in [9.17, 15) is 0 Å². The van der Waals surface area contributed by atoms with Gasteiger partial charge in [-0.1, -0.05) is 97.1 Å². The zero-order valence-electron chi connectivity index (χ0n) is 27.9. The van der Waals surface area contributed by atoms with Crippen LogP contribution in [0.25, 0.3) is 110 Å². The van der Waals surface area contributed by atoms with Crippen molar-refractivity contribution in [2.75, 3.05) is 0 Å². The molecule has 0 radical (unpaired) electrons. The van der Waals surface area contributed by atoms with E-state index in [1.807, 2.05) is 12.1 Å². The van der Waals surface area contributed by atoms with E-state index >= 15 is 0 Å². The van der Waals surface area contributed by atoms with Crippen molar-refractivity contribution < 1.29 is 8.83 Å². The fraction of sp³-hybridized carbons (Fsp3) is 0. The zero-order valence-corrected chi connectivity index (χ0v) is 27.9. The molecule has 0 aliphatic carbocycles. The molecule has 0 bridgehead atoms. The van der Waals surface area contributed by atoms with Crippen LogP contribution in [0.3, 0.4) is 0 Å². The third kappa shape index (κ3) is 3.70. The summed E-state index contributed by atoms with van der Waals surface area (Å²) >= 11 is 0. The maximum absolute atomic E-state index is 6.74. The number of benzene rings is 8. The van der Waals surface area contributed by atoms with Crippen LogP contribution in [0.2, 0.25) is 0 Å². The van der Waals surface area contributed by atoms with E-state index in [4.69, 9.17) is 8.83 Å². The molecule has 0 unspecified atom stereocenters. The molecule has 0 saturated carbocycles. The van der Waals surface area contributed by atoms with Crippen molar-refractivity contribution in [3.05, 3.63) is 170 Å². The Labute approximate surface area is 296 Å². The van der Waals surface area contributed by atoms with Crippen molar-refractivity contribution in [3.63, 3.8) is 0 Å². The lowest BCUT2D eigenvalue weighted by Crippen LogP contribution is -1.94. The van der Waals surface area contributed by atoms with E-state index < -0.39 is 0 Å². The van der Waals surface area contributed by atoms with E-state index in [1.54, 1.807) is 0 Å². The molecule has 0 saturated heterocycles. The van der Waals surface area contributed by atoms with E-state index in [1.165, 1.54) is 11.1 Å². The highest BCUT2D eigenvalue weighted by Crippen LogP contribution is 2.46. The molecule has 0 spiro atoms. The molecule has 0 aliphatic rings. The first-order valence-corrected chi connectivity index (χ1v) is 17.7. The van der Waals surface area contributed by atoms with Crippen LogP contribution in [0.4, 0.5) is 0 Å². The van der Waals surface area contributed by atoms with Gasteiger partial charge in [0.1, 0.15) is 22.3 Å². The van der Waals surface area contributed by atoms with Crippen LogP contribution in [0, 0.1) is 0 Å². The fourth-order valence-electron chi connectivity index (χ4n) is 8.62. The Kier molecular flexibility index (Phi) is 5.47. The van der Waals surface area contributed by atoms with E-state index in [0.29, 0.717) is 0 Å². The van der Waals surface area contributed by atoms with Crippen LogP contribution in [0.15, 0.2) is 179 Å². The van der Waals surface area contributed by atoms with Gasteiger partial charge >= 0.3 is 0 Å². The number of aromatic nitrogens is 2. The van der Waals surface area contributed by atoms with Gasteiger partial charge in [0, 0.05) is 43.7 Å². The molecule has 8 aromatic carbocycles. The van der Waals surface area contributed by atoms with E-state index in [2.05, 4.69) is 167 Å². The molecule has 4 heteroatoms. The summed E-state index contributed by atoms with van der Waals surface area (Å²) < 4.78 is 18.2. The molecular weight excluding hydrogens is 637 g/mol. The van der Waals surface area contributed by atoms with Gasteiger partial charge in [-0.15, -0.1) is 0 Å². The Bertz CT molecular complexity index is 3380. The molecule has 0 aliphatic heterocycles. The highest BCUT2D eigenvalue weighted by molar-refractivity contribution is 6.29. The van der Waals surface area contributed by atoms with Crippen LogP contribution in [-0.4, -0.2) is 9.13 Å². The minimum Gasteiger partial charge on any atom is -0.455 e. The number of fused-ring (bicyclic) bond motifs is 14. The standard InChI is InChI=1S/C48H28N2O2/c1-3-11-29(12-4-1)30-19-21-32(22-20-30)50-40-26-24-36-34-16-8-10-18-44(34)52-48(36)46(40)38-27-41-37(28-42(38)50)45-39(49(41)31-13-5-2-6-14-31)25-23-35-33-15-7-9-17-43(33)51-47(35)45/h1-28H. The Morgan fingerprint density at radius 3 is 1.29 bits per heavy atom. The zero-order chi connectivity index (χ0) is 33.9. The second-order valence-electron chi connectivity index (χ2n) is 13.7. The molecule has 4 aromatic heterocycles. The maximum atomic E-state index is 6.74. The smallest absolute Gasteiger partial charge is 0.145 e. The van der Waals surface area contributed by atoms with Crippen LogP contribution >= 0.6 is 0 Å². The summed E-state index contributed by atoms with van der Waals surface area (Å²) in [5.74, 6) is 0. The van der Waals surface area contributed by atoms with Crippen LogP contribution in [-0.2, 0) is 0 Å². The first-order chi connectivity index (χ1) is 25.8. The highest BCUT2D eigenvalue weighted by Gasteiger charge is 2.24. The van der Waals surface area contributed by atoms with Gasteiger partial charge in [0.15, 0.2) is 0 Å². The van der Waals surface area contributed by atoms with Crippen molar-refractivity contribution in [3.8, 4) is 22.5 Å². The molecule has 0 fully saturated rings. The third-order valence-electron chi connectivity index (χ3n) is 10.9. The van der Waals surface area contributed by atoms with Crippen LogP contribution in [0.5, 0.6) is 0 Å². The van der Waals surface area contributed by atoms with Gasteiger partial charge in [-0.25, -0.2) is 0 Å². The normalized spacial score (nSPS) is 12.2. The van der Waals surface area contributed by atoms with Crippen molar-refractivity contribution >= 4 is 87.5 Å². The SMILES string of the molecule is c1ccc(-c2ccc(-n3c4cc5c6c7oc8ccccc8c7ccc6n(-c6ccccc6)c5cc4c4c5oc6ccccc6c5ccc43)cc2)cc1. The van der Waals surface area contributed by atoms with Gasteiger partial charge in [0.05, 0.1) is 32.8 Å². The van der Waals surface area contributed by atoms with E-state index in [-0.39, 0.29) is 0 Å². The first-order valence-electron chi connectivity index (χ1n) is 17.7. The topological polar surface area (TPSA) is 36.1 Å². The Morgan fingerprint density at radius 2 is 0.750 bits per heavy atom. The average molecular weight is 665 g/mol. The van der Waals surface area contributed by atoms with Gasteiger partial charge in [-0.05, 0) is 83.9 Å². The molecule has 0 amide bonds. The van der Waals surface area contributed by atoms with Gasteiger partial charge in [-0.3, -0.25) is 0 Å². The summed E-state index contributed by atoms with van der Waals surface area (Å²) in [7, 11) is 0. The minimum atomic E-state index is 0.893. The lowest BCUT2D eigenvalue weighted by molar-refractivity contribution is 0.672. The third-order valence-corrected chi connectivity index (χ3v) is 10.9. The van der Waals surface area contributed by atoms with Gasteiger partial charge in [-0.2, -0.15) is 0 Å². The maximum Gasteiger partial charge on any atom is 0.145 e. The molecule has 4 nitrogen and oxygen atoms in total. The van der Waals surface area contributed by atoms with Crippen molar-refractivity contribution in [1.82, 2.24) is 9.13 Å². The van der Waals surface area contributed by atoms with Crippen LogP contribution in [0.1, 0.15) is 0 Å². The summed E-state index contributed by atoms with van der Waals surface area (Å²) in [6, 6.07) is 60.5. The number of hydrogen-bond acceptors (Lipinski definition) is 2. The number of hydrogen-bond donors (Lipinski definition) is 0. The summed E-state index contributed by atoms with van der Waals surface area (Å²) in [6.45, 7) is 0. The average Bonchev–Trinajstić information content (AvgIpc) is 3.95. The molecule has 0 atom stereocenters. The molecule has 4 heterocycles. The molecule has 12 aromatic rings. The number of nitrogens with zero attached hydrogens (tertiary/aromatic N) is 2. The molecule has 12 rings (SSSR count). The lowest BCUT2D eigenvalue weighted by Gasteiger charge is -2.10. The second-order valence-corrected chi connectivity index (χ2v) is 13.7. The van der Waals surface area contributed by atoms with Crippen molar-refractivity contribution in [2.24, 2.45) is 0 Å². The predicted molar refractivity (Wildman–Crippen MR) is 215 cm³/mol. The number of para-hydroxylation sites is 3. The predicted octanol–water partition coefficient (Wildman–Crippen LogP) is 13.3. The summed E-state index contributed by atoms with van der Waals surface area (Å²) in [5.41, 5.74) is 12.6. The Morgan fingerprint density at radius 1 is 0.308 bits per heavy atom. The van der Waals surface area contributed by atoms with Crippen molar-refractivity contribution in [1.29, 1.82) is 0 Å². The van der Waals surface area contributed by atoms with E-state index in [0.717, 1.165) is 98.9 Å². The van der Waals surface area contributed by atoms with Gasteiger partial charge in [0.2, 0.25) is 0 Å². The Balaban J connectivity index is 1.26. The highest BCUT2D eigenvalue weighted by atomic mass is 16.3. The second kappa shape index (κ2) is 10.3. The quantitative estimate of drug-likeness (QED) is 0.188. The molecular formula is C48H28N2O2. The largest absolute Gasteiger partial charge is 0.455 e. The summed E-state index contributed by atoms with van der Waals surface area (Å²) in [6.07, 6.45) is 0. The van der Waals surface area contributed by atoms with Gasteiger partial charge < -0.3 is 18.0 Å². The molecule has 0 N–H and O–H groups in total.